The first-order valence-corrected chi connectivity index (χ1v) is 5.67. The molecule has 2 nitrogen and oxygen atoms in total. The predicted molar refractivity (Wildman–Crippen MR) is 67.3 cm³/mol. The zero-order chi connectivity index (χ0) is 12.1. The molecule has 0 amide bonds. The number of nitrogens with zero attached hydrogens (tertiary/aromatic N) is 1. The first kappa shape index (κ1) is 13.0. The Kier molecular flexibility index (Phi) is 4.74. The van der Waals surface area contributed by atoms with Gasteiger partial charge in [0.1, 0.15) is 5.82 Å². The van der Waals surface area contributed by atoms with Crippen LogP contribution in [0.25, 0.3) is 0 Å². The number of hydrogen-bond donors (Lipinski definition) is 1. The molecule has 90 valence electrons. The Morgan fingerprint density at radius 1 is 1.31 bits per heavy atom. The van der Waals surface area contributed by atoms with E-state index in [4.69, 9.17) is 0 Å². The highest BCUT2D eigenvalue weighted by molar-refractivity contribution is 5.52. The molecule has 0 atom stereocenters. The molecule has 16 heavy (non-hydrogen) atoms. The van der Waals surface area contributed by atoms with Gasteiger partial charge < -0.3 is 10.2 Å². The molecule has 1 N–H and O–H groups in total. The number of benzene rings is 1. The second-order valence-corrected chi connectivity index (χ2v) is 4.69. The van der Waals surface area contributed by atoms with Gasteiger partial charge in [0.15, 0.2) is 0 Å². The average molecular weight is 224 g/mol. The second-order valence-electron chi connectivity index (χ2n) is 4.69. The zero-order valence-corrected chi connectivity index (χ0v) is 10.5. The van der Waals surface area contributed by atoms with Crippen LogP contribution in [0.4, 0.5) is 10.1 Å². The molecule has 1 aromatic carbocycles. The number of halogens is 1. The summed E-state index contributed by atoms with van der Waals surface area (Å²) in [7, 11) is 3.94. The largest absolute Gasteiger partial charge is 0.377 e. The summed E-state index contributed by atoms with van der Waals surface area (Å²) in [6, 6.07) is 4.92. The van der Waals surface area contributed by atoms with Crippen LogP contribution in [0, 0.1) is 11.7 Å². The van der Waals surface area contributed by atoms with E-state index in [1.54, 1.807) is 6.07 Å². The van der Waals surface area contributed by atoms with Gasteiger partial charge >= 0.3 is 0 Å². The Bertz CT molecular complexity index is 335. The summed E-state index contributed by atoms with van der Waals surface area (Å²) >= 11 is 0. The van der Waals surface area contributed by atoms with Gasteiger partial charge in [-0.15, -0.1) is 0 Å². The zero-order valence-electron chi connectivity index (χ0n) is 10.5. The van der Waals surface area contributed by atoms with Gasteiger partial charge in [0.2, 0.25) is 0 Å². The molecule has 0 heterocycles. The van der Waals surface area contributed by atoms with E-state index in [0.717, 1.165) is 17.8 Å². The predicted octanol–water partition coefficient (Wildman–Crippen LogP) is 2.64. The topological polar surface area (TPSA) is 15.3 Å². The van der Waals surface area contributed by atoms with Crippen molar-refractivity contribution in [2.24, 2.45) is 5.92 Å². The third-order valence-electron chi connectivity index (χ3n) is 2.39. The summed E-state index contributed by atoms with van der Waals surface area (Å²) in [6.45, 7) is 5.98. The number of nitrogens with one attached hydrogen (secondary N) is 1. The van der Waals surface area contributed by atoms with Crippen molar-refractivity contribution in [3.05, 3.63) is 29.6 Å². The Balaban J connectivity index is 2.72. The average Bonchev–Trinajstić information content (AvgIpc) is 2.16. The van der Waals surface area contributed by atoms with Crippen LogP contribution in [0.15, 0.2) is 18.2 Å². The van der Waals surface area contributed by atoms with Crippen LogP contribution in [0.2, 0.25) is 0 Å². The van der Waals surface area contributed by atoms with E-state index in [-0.39, 0.29) is 5.82 Å². The van der Waals surface area contributed by atoms with Crippen LogP contribution in [0.1, 0.15) is 19.4 Å². The van der Waals surface area contributed by atoms with Crippen LogP contribution < -0.4 is 10.2 Å². The fourth-order valence-corrected chi connectivity index (χ4v) is 1.63. The molecule has 0 aliphatic rings. The van der Waals surface area contributed by atoms with Gasteiger partial charge in [-0.3, -0.25) is 0 Å². The maximum atomic E-state index is 13.2. The normalized spacial score (nSPS) is 10.9. The number of anilines is 1. The SMILES string of the molecule is CC(C)CNCc1cc(F)ccc1N(C)C. The van der Waals surface area contributed by atoms with Gasteiger partial charge in [-0.1, -0.05) is 13.8 Å². The molecule has 0 aliphatic heterocycles. The fourth-order valence-electron chi connectivity index (χ4n) is 1.63. The van der Waals surface area contributed by atoms with Gasteiger partial charge in [-0.2, -0.15) is 0 Å². The van der Waals surface area contributed by atoms with Gasteiger partial charge in [0.05, 0.1) is 0 Å². The Morgan fingerprint density at radius 2 is 2.00 bits per heavy atom. The van der Waals surface area contributed by atoms with Crippen molar-refractivity contribution in [3.8, 4) is 0 Å². The standard InChI is InChI=1S/C13H21FN2/c1-10(2)8-15-9-11-7-12(14)5-6-13(11)16(3)4/h5-7,10,15H,8-9H2,1-4H3. The minimum absolute atomic E-state index is 0.174. The molecule has 3 heteroatoms. The quantitative estimate of drug-likeness (QED) is 0.827. The molecule has 0 aromatic heterocycles. The van der Waals surface area contributed by atoms with Crippen LogP contribution in [-0.2, 0) is 6.54 Å². The summed E-state index contributed by atoms with van der Waals surface area (Å²) in [6.07, 6.45) is 0. The second kappa shape index (κ2) is 5.85. The van der Waals surface area contributed by atoms with E-state index in [1.165, 1.54) is 6.07 Å². The molecule has 0 saturated carbocycles. The Labute approximate surface area is 97.5 Å². The summed E-state index contributed by atoms with van der Waals surface area (Å²) in [4.78, 5) is 2.01. The van der Waals surface area contributed by atoms with E-state index in [1.807, 2.05) is 25.1 Å². The molecular formula is C13H21FN2. The van der Waals surface area contributed by atoms with E-state index >= 15 is 0 Å². The van der Waals surface area contributed by atoms with Crippen molar-refractivity contribution in [1.82, 2.24) is 5.32 Å². The summed E-state index contributed by atoms with van der Waals surface area (Å²) in [5, 5.41) is 3.33. The van der Waals surface area contributed by atoms with Gasteiger partial charge in [-0.25, -0.2) is 4.39 Å². The molecule has 1 rings (SSSR count). The van der Waals surface area contributed by atoms with Gasteiger partial charge in [-0.05, 0) is 36.2 Å². The molecule has 0 radical (unpaired) electrons. The minimum atomic E-state index is -0.174. The smallest absolute Gasteiger partial charge is 0.123 e. The molecule has 0 bridgehead atoms. The minimum Gasteiger partial charge on any atom is -0.377 e. The summed E-state index contributed by atoms with van der Waals surface area (Å²) in [5.74, 6) is 0.434. The lowest BCUT2D eigenvalue weighted by Gasteiger charge is -2.18. The van der Waals surface area contributed by atoms with Crippen molar-refractivity contribution in [3.63, 3.8) is 0 Å². The maximum absolute atomic E-state index is 13.2. The van der Waals surface area contributed by atoms with Crippen molar-refractivity contribution in [2.75, 3.05) is 25.5 Å². The van der Waals surface area contributed by atoms with Crippen LogP contribution in [0.3, 0.4) is 0 Å². The maximum Gasteiger partial charge on any atom is 0.123 e. The highest BCUT2D eigenvalue weighted by Gasteiger charge is 2.05. The molecule has 0 unspecified atom stereocenters. The van der Waals surface area contributed by atoms with Crippen molar-refractivity contribution in [2.45, 2.75) is 20.4 Å². The van der Waals surface area contributed by atoms with Crippen LogP contribution in [-0.4, -0.2) is 20.6 Å². The van der Waals surface area contributed by atoms with Crippen molar-refractivity contribution in [1.29, 1.82) is 0 Å². The van der Waals surface area contributed by atoms with Gasteiger partial charge in [0.25, 0.3) is 0 Å². The number of rotatable bonds is 5. The fraction of sp³-hybridized carbons (Fsp3) is 0.538. The highest BCUT2D eigenvalue weighted by Crippen LogP contribution is 2.19. The summed E-state index contributed by atoms with van der Waals surface area (Å²) in [5.41, 5.74) is 2.07. The molecule has 1 aromatic rings. The first-order valence-electron chi connectivity index (χ1n) is 5.67. The Morgan fingerprint density at radius 3 is 2.56 bits per heavy atom. The van der Waals surface area contributed by atoms with Crippen molar-refractivity contribution < 1.29 is 4.39 Å². The molecule has 0 spiro atoms. The highest BCUT2D eigenvalue weighted by atomic mass is 19.1. The van der Waals surface area contributed by atoms with Crippen LogP contribution in [0.5, 0.6) is 0 Å². The van der Waals surface area contributed by atoms with Crippen molar-refractivity contribution >= 4 is 5.69 Å². The molecular weight excluding hydrogens is 203 g/mol. The monoisotopic (exact) mass is 224 g/mol. The van der Waals surface area contributed by atoms with E-state index in [9.17, 15) is 4.39 Å². The van der Waals surface area contributed by atoms with E-state index in [0.29, 0.717) is 12.5 Å². The molecule has 0 fully saturated rings. The number of hydrogen-bond acceptors (Lipinski definition) is 2. The lowest BCUT2D eigenvalue weighted by molar-refractivity contribution is 0.550. The Hall–Kier alpha value is -1.09. The lowest BCUT2D eigenvalue weighted by atomic mass is 10.1. The third-order valence-corrected chi connectivity index (χ3v) is 2.39. The van der Waals surface area contributed by atoms with E-state index in [2.05, 4.69) is 19.2 Å². The molecule has 0 saturated heterocycles. The van der Waals surface area contributed by atoms with Crippen LogP contribution >= 0.6 is 0 Å². The lowest BCUT2D eigenvalue weighted by Crippen LogP contribution is -2.21. The third kappa shape index (κ3) is 3.81. The van der Waals surface area contributed by atoms with E-state index < -0.39 is 0 Å². The van der Waals surface area contributed by atoms with Gasteiger partial charge in [0, 0.05) is 26.3 Å². The summed E-state index contributed by atoms with van der Waals surface area (Å²) < 4.78 is 13.2. The first-order chi connectivity index (χ1) is 7.50. The molecule has 0 aliphatic carbocycles.